The molecular formula is C22H22N4O4S2. The van der Waals surface area contributed by atoms with Gasteiger partial charge in [-0.2, -0.15) is 9.78 Å². The molecule has 4 aromatic rings. The third-order valence-corrected chi connectivity index (χ3v) is 8.09. The van der Waals surface area contributed by atoms with E-state index in [4.69, 9.17) is 4.74 Å². The average Bonchev–Trinajstić information content (AvgIpc) is 3.35. The van der Waals surface area contributed by atoms with E-state index in [-0.39, 0.29) is 10.8 Å². The fraction of sp³-hybridized carbons (Fsp3) is 0.227. The van der Waals surface area contributed by atoms with Gasteiger partial charge in [-0.15, -0.1) is 0 Å². The molecule has 0 fully saturated rings. The molecule has 8 nitrogen and oxygen atoms in total. The number of thiazole rings is 1. The van der Waals surface area contributed by atoms with Crippen molar-refractivity contribution in [2.75, 3.05) is 12.4 Å². The number of ether oxygens (including phenoxy) is 1. The van der Waals surface area contributed by atoms with Crippen LogP contribution in [0.5, 0.6) is 5.75 Å². The van der Waals surface area contributed by atoms with E-state index in [1.165, 1.54) is 35.6 Å². The van der Waals surface area contributed by atoms with Crippen LogP contribution in [0.25, 0.3) is 15.3 Å². The number of aryl methyl sites for hydroxylation is 1. The number of nitrogens with zero attached hydrogens (tertiary/aromatic N) is 3. The van der Waals surface area contributed by atoms with E-state index in [2.05, 4.69) is 15.4 Å². The highest BCUT2D eigenvalue weighted by Crippen LogP contribution is 2.30. The number of aromatic nitrogens is 3. The molecule has 0 aliphatic rings. The minimum atomic E-state index is -3.40. The molecule has 2 aromatic carbocycles. The highest BCUT2D eigenvalue weighted by molar-refractivity contribution is 7.92. The Bertz CT molecular complexity index is 1400. The number of amides is 1. The van der Waals surface area contributed by atoms with Crippen molar-refractivity contribution in [2.45, 2.75) is 30.9 Å². The van der Waals surface area contributed by atoms with Gasteiger partial charge in [0, 0.05) is 17.7 Å². The first-order chi connectivity index (χ1) is 15.2. The van der Waals surface area contributed by atoms with Crippen LogP contribution >= 0.6 is 11.3 Å². The Morgan fingerprint density at radius 2 is 1.84 bits per heavy atom. The molecule has 2 heterocycles. The highest BCUT2D eigenvalue weighted by atomic mass is 32.2. The molecule has 0 saturated carbocycles. The predicted octanol–water partition coefficient (Wildman–Crippen LogP) is 4.23. The SMILES string of the molecule is COc1ccc2sc(-n3nc(C)cc3NC(=O)c3ccc(S(=O)(=O)C(C)C)cc3)nc2c1. The Labute approximate surface area is 189 Å². The van der Waals surface area contributed by atoms with E-state index >= 15 is 0 Å². The predicted molar refractivity (Wildman–Crippen MR) is 125 cm³/mol. The topological polar surface area (TPSA) is 103 Å². The Kier molecular flexibility index (Phi) is 5.74. The zero-order chi connectivity index (χ0) is 23.0. The van der Waals surface area contributed by atoms with Crippen molar-refractivity contribution in [2.24, 2.45) is 0 Å². The largest absolute Gasteiger partial charge is 0.497 e. The lowest BCUT2D eigenvalue weighted by molar-refractivity contribution is 0.102. The van der Waals surface area contributed by atoms with Crippen molar-refractivity contribution in [1.82, 2.24) is 14.8 Å². The summed E-state index contributed by atoms with van der Waals surface area (Å²) in [6.45, 7) is 5.07. The van der Waals surface area contributed by atoms with Crippen molar-refractivity contribution < 1.29 is 17.9 Å². The van der Waals surface area contributed by atoms with Gasteiger partial charge in [-0.25, -0.2) is 13.4 Å². The number of nitrogens with one attached hydrogen (secondary N) is 1. The molecule has 2 aromatic heterocycles. The minimum Gasteiger partial charge on any atom is -0.497 e. The summed E-state index contributed by atoms with van der Waals surface area (Å²) in [6, 6.07) is 13.3. The van der Waals surface area contributed by atoms with Gasteiger partial charge in [0.05, 0.1) is 33.2 Å². The van der Waals surface area contributed by atoms with E-state index in [9.17, 15) is 13.2 Å². The van der Waals surface area contributed by atoms with Gasteiger partial charge in [-0.1, -0.05) is 11.3 Å². The van der Waals surface area contributed by atoms with Crippen LogP contribution in [-0.4, -0.2) is 41.4 Å². The number of sulfone groups is 1. The second-order valence-corrected chi connectivity index (χ2v) is 11.0. The summed E-state index contributed by atoms with van der Waals surface area (Å²) in [5.41, 5.74) is 1.83. The quantitative estimate of drug-likeness (QED) is 0.452. The van der Waals surface area contributed by atoms with Crippen molar-refractivity contribution in [3.8, 4) is 10.9 Å². The Balaban J connectivity index is 1.62. The molecule has 0 spiro atoms. The van der Waals surface area contributed by atoms with Gasteiger partial charge in [-0.3, -0.25) is 4.79 Å². The van der Waals surface area contributed by atoms with Gasteiger partial charge in [0.15, 0.2) is 9.84 Å². The van der Waals surface area contributed by atoms with Crippen LogP contribution in [0, 0.1) is 6.92 Å². The van der Waals surface area contributed by atoms with E-state index in [0.717, 1.165) is 15.9 Å². The maximum Gasteiger partial charge on any atom is 0.256 e. The Hall–Kier alpha value is -3.24. The summed E-state index contributed by atoms with van der Waals surface area (Å²) in [6.07, 6.45) is 0. The first-order valence-electron chi connectivity index (χ1n) is 9.86. The number of carbonyl (C=O) groups excluding carboxylic acids is 1. The number of carbonyl (C=O) groups is 1. The first-order valence-corrected chi connectivity index (χ1v) is 12.2. The van der Waals surface area contributed by atoms with Crippen molar-refractivity contribution in [1.29, 1.82) is 0 Å². The van der Waals surface area contributed by atoms with Crippen molar-refractivity contribution in [3.05, 3.63) is 59.8 Å². The number of rotatable bonds is 6. The molecule has 1 amide bonds. The van der Waals surface area contributed by atoms with Gasteiger partial charge in [0.1, 0.15) is 11.6 Å². The average molecular weight is 471 g/mol. The van der Waals surface area contributed by atoms with Crippen LogP contribution < -0.4 is 10.1 Å². The highest BCUT2D eigenvalue weighted by Gasteiger charge is 2.20. The summed E-state index contributed by atoms with van der Waals surface area (Å²) >= 11 is 1.44. The third kappa shape index (κ3) is 4.11. The normalized spacial score (nSPS) is 11.8. The van der Waals surface area contributed by atoms with Gasteiger partial charge in [0.2, 0.25) is 5.13 Å². The molecule has 0 unspecified atom stereocenters. The van der Waals surface area contributed by atoms with Crippen molar-refractivity contribution in [3.63, 3.8) is 0 Å². The summed E-state index contributed by atoms with van der Waals surface area (Å²) in [5.74, 6) is 0.808. The van der Waals surface area contributed by atoms with E-state index in [0.29, 0.717) is 22.3 Å². The standard InChI is InChI=1S/C22H22N4O4S2/c1-13(2)32(28,29)17-8-5-15(6-9-17)21(27)24-20-11-14(3)25-26(20)22-23-18-12-16(30-4)7-10-19(18)31-22/h5-13H,1-4H3,(H,24,27). The lowest BCUT2D eigenvalue weighted by Crippen LogP contribution is -2.16. The number of methoxy groups -OCH3 is 1. The molecule has 1 N–H and O–H groups in total. The molecular weight excluding hydrogens is 448 g/mol. The second-order valence-electron chi connectivity index (χ2n) is 7.49. The Morgan fingerprint density at radius 1 is 1.12 bits per heavy atom. The van der Waals surface area contributed by atoms with Gasteiger partial charge in [0.25, 0.3) is 5.91 Å². The van der Waals surface area contributed by atoms with Crippen LogP contribution in [0.15, 0.2) is 53.4 Å². The fourth-order valence-electron chi connectivity index (χ4n) is 3.10. The van der Waals surface area contributed by atoms with E-state index in [1.807, 2.05) is 25.1 Å². The fourth-order valence-corrected chi connectivity index (χ4v) is 5.07. The smallest absolute Gasteiger partial charge is 0.256 e. The van der Waals surface area contributed by atoms with Crippen LogP contribution in [0.4, 0.5) is 5.82 Å². The first kappa shape index (κ1) is 22.0. The molecule has 0 atom stereocenters. The van der Waals surface area contributed by atoms with Crippen molar-refractivity contribution >= 4 is 43.1 Å². The maximum absolute atomic E-state index is 12.8. The number of hydrogen-bond acceptors (Lipinski definition) is 7. The zero-order valence-electron chi connectivity index (χ0n) is 18.0. The maximum atomic E-state index is 12.8. The summed E-state index contributed by atoms with van der Waals surface area (Å²) < 4.78 is 32.4. The molecule has 32 heavy (non-hydrogen) atoms. The summed E-state index contributed by atoms with van der Waals surface area (Å²) in [7, 11) is -1.80. The van der Waals surface area contributed by atoms with Crippen LogP contribution in [0.2, 0.25) is 0 Å². The number of anilines is 1. The van der Waals surface area contributed by atoms with E-state index < -0.39 is 15.1 Å². The Morgan fingerprint density at radius 3 is 2.50 bits per heavy atom. The van der Waals surface area contributed by atoms with Gasteiger partial charge < -0.3 is 10.1 Å². The monoisotopic (exact) mass is 470 g/mol. The molecule has 0 aliphatic heterocycles. The van der Waals surface area contributed by atoms with Crippen LogP contribution in [0.1, 0.15) is 29.9 Å². The van der Waals surface area contributed by atoms with Gasteiger partial charge in [-0.05, 0) is 57.2 Å². The van der Waals surface area contributed by atoms with Gasteiger partial charge >= 0.3 is 0 Å². The second kappa shape index (κ2) is 8.36. The molecule has 0 radical (unpaired) electrons. The minimum absolute atomic E-state index is 0.190. The molecule has 4 rings (SSSR count). The van der Waals surface area contributed by atoms with E-state index in [1.54, 1.807) is 31.7 Å². The number of fused-ring (bicyclic) bond motifs is 1. The molecule has 0 bridgehead atoms. The van der Waals surface area contributed by atoms with Crippen LogP contribution in [-0.2, 0) is 9.84 Å². The third-order valence-electron chi connectivity index (χ3n) is 4.90. The lowest BCUT2D eigenvalue weighted by atomic mass is 10.2. The molecule has 0 aliphatic carbocycles. The lowest BCUT2D eigenvalue weighted by Gasteiger charge is -2.09. The molecule has 10 heteroatoms. The molecule has 166 valence electrons. The summed E-state index contributed by atoms with van der Waals surface area (Å²) in [4.78, 5) is 17.6. The number of benzene rings is 2. The van der Waals surface area contributed by atoms with Crippen LogP contribution in [0.3, 0.4) is 0 Å². The summed E-state index contributed by atoms with van der Waals surface area (Å²) in [5, 5.41) is 7.39. The number of hydrogen-bond donors (Lipinski definition) is 1. The molecule has 0 saturated heterocycles. The zero-order valence-corrected chi connectivity index (χ0v) is 19.6.